The maximum atomic E-state index is 4.39. The van der Waals surface area contributed by atoms with Crippen molar-refractivity contribution in [3.63, 3.8) is 0 Å². The number of benzene rings is 1. The third kappa shape index (κ3) is 8.02. The molecule has 3 aliphatic rings. The molecule has 0 amide bonds. The van der Waals surface area contributed by atoms with Gasteiger partial charge in [0, 0.05) is 35.6 Å². The monoisotopic (exact) mass is 418 g/mol. The third-order valence-corrected chi connectivity index (χ3v) is 6.86. The fourth-order valence-corrected chi connectivity index (χ4v) is 4.69. The molecular weight excluding hydrogens is 372 g/mol. The second kappa shape index (κ2) is 12.7. The molecule has 4 rings (SSSR count). The largest absolute Gasteiger partial charge is 0.375 e. The Kier molecular flexibility index (Phi) is 11.4. The van der Waals surface area contributed by atoms with Gasteiger partial charge in [-0.3, -0.25) is 0 Å². The van der Waals surface area contributed by atoms with Gasteiger partial charge in [-0.15, -0.1) is 12.6 Å². The summed E-state index contributed by atoms with van der Waals surface area (Å²) in [5, 5.41) is 3.54. The maximum Gasteiger partial charge on any atom is 0.0244 e. The van der Waals surface area contributed by atoms with E-state index in [-0.39, 0.29) is 7.43 Å². The van der Waals surface area contributed by atoms with Crippen LogP contribution < -0.4 is 5.32 Å². The molecule has 1 N–H and O–H groups in total. The van der Waals surface area contributed by atoms with Crippen molar-refractivity contribution in [2.45, 2.75) is 78.5 Å². The van der Waals surface area contributed by atoms with E-state index >= 15 is 0 Å². The van der Waals surface area contributed by atoms with Crippen molar-refractivity contribution in [2.24, 2.45) is 17.3 Å². The highest BCUT2D eigenvalue weighted by atomic mass is 32.1. The highest BCUT2D eigenvalue weighted by molar-refractivity contribution is 7.80. The van der Waals surface area contributed by atoms with Crippen LogP contribution in [0.2, 0.25) is 0 Å². The minimum Gasteiger partial charge on any atom is -0.375 e. The fourth-order valence-electron chi connectivity index (χ4n) is 4.54. The van der Waals surface area contributed by atoms with Gasteiger partial charge in [-0.1, -0.05) is 58.9 Å². The number of nitrogens with zero attached hydrogens (tertiary/aromatic N) is 1. The smallest absolute Gasteiger partial charge is 0.0244 e. The van der Waals surface area contributed by atoms with Crippen molar-refractivity contribution < 1.29 is 0 Å². The normalized spacial score (nSPS) is 23.4. The van der Waals surface area contributed by atoms with Crippen molar-refractivity contribution in [2.75, 3.05) is 26.2 Å². The molecule has 1 aromatic carbocycles. The molecule has 2 atom stereocenters. The lowest BCUT2D eigenvalue weighted by molar-refractivity contribution is 0.295. The van der Waals surface area contributed by atoms with Crippen LogP contribution in [0.5, 0.6) is 0 Å². The molecule has 3 fully saturated rings. The van der Waals surface area contributed by atoms with Crippen molar-refractivity contribution in [1.82, 2.24) is 10.2 Å². The molecule has 1 aromatic rings. The highest BCUT2D eigenvalue weighted by Gasteiger charge is 2.41. The van der Waals surface area contributed by atoms with E-state index in [2.05, 4.69) is 43.3 Å². The van der Waals surface area contributed by atoms with Crippen LogP contribution in [-0.4, -0.2) is 31.1 Å². The second-order valence-corrected chi connectivity index (χ2v) is 9.23. The Morgan fingerprint density at radius 2 is 1.90 bits per heavy atom. The first-order valence-electron chi connectivity index (χ1n) is 11.4. The minimum absolute atomic E-state index is 0. The number of thiol groups is 1. The molecule has 166 valence electrons. The number of likely N-dealkylation sites (tertiary alicyclic amines) is 1. The zero-order chi connectivity index (χ0) is 20.6. The zero-order valence-electron chi connectivity index (χ0n) is 18.6. The van der Waals surface area contributed by atoms with E-state index in [4.69, 9.17) is 0 Å². The van der Waals surface area contributed by atoms with Gasteiger partial charge < -0.3 is 10.2 Å². The van der Waals surface area contributed by atoms with E-state index < -0.39 is 0 Å². The van der Waals surface area contributed by atoms with Gasteiger partial charge in [0.2, 0.25) is 0 Å². The molecule has 1 spiro atoms. The topological polar surface area (TPSA) is 15.3 Å². The molecule has 2 heterocycles. The zero-order valence-corrected chi connectivity index (χ0v) is 19.5. The van der Waals surface area contributed by atoms with E-state index in [1.807, 2.05) is 38.1 Å². The minimum atomic E-state index is 0. The molecule has 1 aliphatic carbocycles. The van der Waals surface area contributed by atoms with Gasteiger partial charge in [0.05, 0.1) is 0 Å². The van der Waals surface area contributed by atoms with Crippen molar-refractivity contribution in [3.05, 3.63) is 42.1 Å². The van der Waals surface area contributed by atoms with Crippen LogP contribution in [0, 0.1) is 24.2 Å². The van der Waals surface area contributed by atoms with Gasteiger partial charge in [0.25, 0.3) is 0 Å². The number of hydrogen-bond donors (Lipinski definition) is 2. The van der Waals surface area contributed by atoms with Gasteiger partial charge in [-0.2, -0.15) is 0 Å². The number of nitrogens with one attached hydrogen (secondary N) is 1. The summed E-state index contributed by atoms with van der Waals surface area (Å²) in [7, 11) is 0. The van der Waals surface area contributed by atoms with Crippen molar-refractivity contribution in [3.8, 4) is 0 Å². The number of allylic oxidation sites excluding steroid dienone is 1. The van der Waals surface area contributed by atoms with Gasteiger partial charge in [-0.05, 0) is 69.5 Å². The van der Waals surface area contributed by atoms with Gasteiger partial charge in [-0.25, -0.2) is 0 Å². The second-order valence-electron chi connectivity index (χ2n) is 8.71. The van der Waals surface area contributed by atoms with Crippen LogP contribution in [-0.2, 0) is 0 Å². The molecule has 0 unspecified atom stereocenters. The SMILES string of the molecule is C.C=C(C[C@H](CC)C1CC1)N1CC[C@]2(CCNC2)C1.CC.Cc1ccc(S)cc1. The summed E-state index contributed by atoms with van der Waals surface area (Å²) in [6, 6.07) is 8.06. The fraction of sp³-hybridized carbons (Fsp3) is 0.692. The molecular formula is C26H46N2S. The van der Waals surface area contributed by atoms with Crippen LogP contribution in [0.3, 0.4) is 0 Å². The Bertz CT molecular complexity index is 564. The first kappa shape index (κ1) is 26.1. The third-order valence-electron chi connectivity index (χ3n) is 6.56. The Morgan fingerprint density at radius 3 is 2.38 bits per heavy atom. The van der Waals surface area contributed by atoms with Crippen LogP contribution in [0.15, 0.2) is 41.4 Å². The molecule has 29 heavy (non-hydrogen) atoms. The van der Waals surface area contributed by atoms with E-state index in [9.17, 15) is 0 Å². The van der Waals surface area contributed by atoms with Crippen molar-refractivity contribution in [1.29, 1.82) is 0 Å². The Labute approximate surface area is 187 Å². The predicted molar refractivity (Wildman–Crippen MR) is 133 cm³/mol. The van der Waals surface area contributed by atoms with E-state index in [1.165, 1.54) is 76.0 Å². The summed E-state index contributed by atoms with van der Waals surface area (Å²) < 4.78 is 0. The van der Waals surface area contributed by atoms with E-state index in [0.717, 1.165) is 16.7 Å². The Hall–Kier alpha value is -0.930. The Morgan fingerprint density at radius 1 is 1.24 bits per heavy atom. The van der Waals surface area contributed by atoms with Crippen LogP contribution in [0.1, 0.15) is 72.3 Å². The van der Waals surface area contributed by atoms with Crippen molar-refractivity contribution >= 4 is 12.6 Å². The number of hydrogen-bond acceptors (Lipinski definition) is 3. The lowest BCUT2D eigenvalue weighted by atomic mass is 9.86. The molecule has 2 saturated heterocycles. The van der Waals surface area contributed by atoms with E-state index in [0.29, 0.717) is 5.41 Å². The van der Waals surface area contributed by atoms with Crippen LogP contribution >= 0.6 is 12.6 Å². The number of rotatable bonds is 5. The lowest BCUT2D eigenvalue weighted by Gasteiger charge is -2.27. The molecule has 3 heteroatoms. The average Bonchev–Trinajstić information content (AvgIpc) is 3.32. The summed E-state index contributed by atoms with van der Waals surface area (Å²) in [5.41, 5.74) is 3.30. The lowest BCUT2D eigenvalue weighted by Crippen LogP contribution is -2.29. The predicted octanol–water partition coefficient (Wildman–Crippen LogP) is 6.96. The molecule has 2 aliphatic heterocycles. The average molecular weight is 419 g/mol. The molecule has 0 radical (unpaired) electrons. The van der Waals surface area contributed by atoms with E-state index in [1.54, 1.807) is 0 Å². The quantitative estimate of drug-likeness (QED) is 0.503. The molecule has 0 bridgehead atoms. The van der Waals surface area contributed by atoms with Crippen LogP contribution in [0.25, 0.3) is 0 Å². The summed E-state index contributed by atoms with van der Waals surface area (Å²) in [5.74, 6) is 1.94. The van der Waals surface area contributed by atoms with Crippen LogP contribution in [0.4, 0.5) is 0 Å². The first-order chi connectivity index (χ1) is 13.5. The van der Waals surface area contributed by atoms with Gasteiger partial charge in [0.1, 0.15) is 0 Å². The summed E-state index contributed by atoms with van der Waals surface area (Å²) in [4.78, 5) is 3.62. The highest BCUT2D eigenvalue weighted by Crippen LogP contribution is 2.43. The number of aryl methyl sites for hydroxylation is 1. The summed E-state index contributed by atoms with van der Waals surface area (Å²) in [6.07, 6.45) is 8.28. The molecule has 1 saturated carbocycles. The van der Waals surface area contributed by atoms with Gasteiger partial charge >= 0.3 is 0 Å². The maximum absolute atomic E-state index is 4.39. The molecule has 0 aromatic heterocycles. The summed E-state index contributed by atoms with van der Waals surface area (Å²) >= 11 is 4.13. The standard InChI is InChI=1S/C16H28N2.C7H8S.C2H6.CH4/c1-3-14(15-4-5-15)10-13(2)18-9-7-16(12-18)6-8-17-11-16;1-6-2-4-7(8)5-3-6;1-2;/h14-15,17H,2-12H2,1H3;2-5,8H,1H3;1-2H3;1H4/t14-,16-;;;/m0.../s1. The van der Waals surface area contributed by atoms with Gasteiger partial charge in [0.15, 0.2) is 0 Å². The first-order valence-corrected chi connectivity index (χ1v) is 11.9. The Balaban J connectivity index is 0.000000324. The molecule has 2 nitrogen and oxygen atoms in total. The summed E-state index contributed by atoms with van der Waals surface area (Å²) in [6.45, 7) is 17.8.